The first kappa shape index (κ1) is 14.2. The highest BCUT2D eigenvalue weighted by molar-refractivity contribution is 5.96. The molecule has 1 saturated heterocycles. The number of rotatable bonds is 2. The Morgan fingerprint density at radius 1 is 1.30 bits per heavy atom. The minimum atomic E-state index is 0.121. The summed E-state index contributed by atoms with van der Waals surface area (Å²) in [5.41, 5.74) is 4.04. The molecule has 2 aliphatic rings. The predicted octanol–water partition coefficient (Wildman–Crippen LogP) is 2.44. The number of amides is 1. The van der Waals surface area contributed by atoms with Crippen molar-refractivity contribution >= 4 is 11.6 Å². The fourth-order valence-electron chi connectivity index (χ4n) is 3.80. The van der Waals surface area contributed by atoms with Crippen molar-refractivity contribution in [3.63, 3.8) is 0 Å². The Bertz CT molecular complexity index is 758. The van der Waals surface area contributed by atoms with Crippen molar-refractivity contribution in [3.8, 4) is 0 Å². The molecule has 118 valence electrons. The average Bonchev–Trinajstić information content (AvgIpc) is 2.89. The Labute approximate surface area is 136 Å². The topological polar surface area (TPSA) is 49.3 Å². The van der Waals surface area contributed by atoms with Gasteiger partial charge in [0.25, 0.3) is 5.91 Å². The molecule has 0 N–H and O–H groups in total. The Kier molecular flexibility index (Phi) is 3.29. The van der Waals surface area contributed by atoms with E-state index in [1.54, 1.807) is 6.33 Å². The molecule has 1 amide bonds. The van der Waals surface area contributed by atoms with Gasteiger partial charge >= 0.3 is 0 Å². The van der Waals surface area contributed by atoms with E-state index < -0.39 is 0 Å². The van der Waals surface area contributed by atoms with Crippen LogP contribution in [0.2, 0.25) is 0 Å². The molecule has 5 nitrogen and oxygen atoms in total. The Hall–Kier alpha value is -2.43. The van der Waals surface area contributed by atoms with E-state index in [4.69, 9.17) is 0 Å². The minimum Gasteiger partial charge on any atom is -0.378 e. The number of anilines is 1. The number of nitrogens with zero attached hydrogens (tertiary/aromatic N) is 4. The molecule has 0 radical (unpaired) electrons. The van der Waals surface area contributed by atoms with Gasteiger partial charge in [-0.05, 0) is 31.0 Å². The van der Waals surface area contributed by atoms with Gasteiger partial charge in [0.05, 0.1) is 11.7 Å². The second kappa shape index (κ2) is 5.33. The van der Waals surface area contributed by atoms with Gasteiger partial charge in [-0.3, -0.25) is 4.79 Å². The van der Waals surface area contributed by atoms with Gasteiger partial charge in [0.2, 0.25) is 0 Å². The van der Waals surface area contributed by atoms with Crippen LogP contribution in [0.15, 0.2) is 36.8 Å². The van der Waals surface area contributed by atoms with E-state index in [1.807, 2.05) is 49.5 Å². The highest BCUT2D eigenvalue weighted by Gasteiger charge is 2.43. The fraction of sp³-hybridized carbons (Fsp3) is 0.389. The van der Waals surface area contributed by atoms with E-state index in [0.29, 0.717) is 0 Å². The van der Waals surface area contributed by atoms with Crippen LogP contribution in [0.1, 0.15) is 40.5 Å². The summed E-state index contributed by atoms with van der Waals surface area (Å²) < 4.78 is 0. The van der Waals surface area contributed by atoms with Gasteiger partial charge in [-0.1, -0.05) is 6.07 Å². The molecule has 2 bridgehead atoms. The second-order valence-electron chi connectivity index (χ2n) is 6.53. The summed E-state index contributed by atoms with van der Waals surface area (Å²) >= 11 is 0. The van der Waals surface area contributed by atoms with E-state index in [0.717, 1.165) is 41.8 Å². The number of hydrogen-bond donors (Lipinski definition) is 0. The molecular weight excluding hydrogens is 288 g/mol. The van der Waals surface area contributed by atoms with Crippen LogP contribution in [-0.2, 0) is 6.42 Å². The Balaban J connectivity index is 1.69. The molecular formula is C18H20N4O. The lowest BCUT2D eigenvalue weighted by molar-refractivity contribution is 0.0644. The largest absolute Gasteiger partial charge is 0.378 e. The molecule has 4 rings (SSSR count). The monoisotopic (exact) mass is 308 g/mol. The zero-order chi connectivity index (χ0) is 16.0. The van der Waals surface area contributed by atoms with Gasteiger partial charge in [0.1, 0.15) is 6.33 Å². The van der Waals surface area contributed by atoms with Crippen LogP contribution in [0.5, 0.6) is 0 Å². The summed E-state index contributed by atoms with van der Waals surface area (Å²) in [6.45, 7) is 0. The molecule has 0 aliphatic carbocycles. The number of carbonyl (C=O) groups excluding carboxylic acids is 1. The van der Waals surface area contributed by atoms with Crippen LogP contribution < -0.4 is 4.90 Å². The Morgan fingerprint density at radius 2 is 2.17 bits per heavy atom. The summed E-state index contributed by atoms with van der Waals surface area (Å²) in [5.74, 6) is 0.121. The van der Waals surface area contributed by atoms with Crippen molar-refractivity contribution in [2.24, 2.45) is 0 Å². The first-order valence-corrected chi connectivity index (χ1v) is 8.04. The SMILES string of the molecule is CN(C)c1cccc(C(=O)N2C3CCC2c2cncnc2C3)c1. The van der Waals surface area contributed by atoms with Crippen LogP contribution in [0.25, 0.3) is 0 Å². The lowest BCUT2D eigenvalue weighted by Gasteiger charge is -2.35. The lowest BCUT2D eigenvalue weighted by Crippen LogP contribution is -2.42. The third-order valence-corrected chi connectivity index (χ3v) is 4.96. The smallest absolute Gasteiger partial charge is 0.254 e. The van der Waals surface area contributed by atoms with Gasteiger partial charge < -0.3 is 9.80 Å². The van der Waals surface area contributed by atoms with Crippen molar-refractivity contribution in [1.82, 2.24) is 14.9 Å². The summed E-state index contributed by atoms with van der Waals surface area (Å²) in [6.07, 6.45) is 6.37. The van der Waals surface area contributed by atoms with Crippen LogP contribution in [-0.4, -0.2) is 40.9 Å². The molecule has 23 heavy (non-hydrogen) atoms. The van der Waals surface area contributed by atoms with Crippen LogP contribution >= 0.6 is 0 Å². The van der Waals surface area contributed by atoms with Gasteiger partial charge in [-0.2, -0.15) is 0 Å². The van der Waals surface area contributed by atoms with Gasteiger partial charge in [0, 0.05) is 49.6 Å². The summed E-state index contributed by atoms with van der Waals surface area (Å²) in [4.78, 5) is 25.8. The number of fused-ring (bicyclic) bond motifs is 4. The lowest BCUT2D eigenvalue weighted by atomic mass is 9.98. The van der Waals surface area contributed by atoms with Crippen molar-refractivity contribution in [2.75, 3.05) is 19.0 Å². The molecule has 1 fully saturated rings. The maximum atomic E-state index is 13.1. The highest BCUT2D eigenvalue weighted by Crippen LogP contribution is 2.43. The molecule has 1 aromatic heterocycles. The fourth-order valence-corrected chi connectivity index (χ4v) is 3.80. The van der Waals surface area contributed by atoms with Gasteiger partial charge in [-0.15, -0.1) is 0 Å². The maximum Gasteiger partial charge on any atom is 0.254 e. The first-order valence-electron chi connectivity index (χ1n) is 8.04. The van der Waals surface area contributed by atoms with E-state index in [-0.39, 0.29) is 18.0 Å². The highest BCUT2D eigenvalue weighted by atomic mass is 16.2. The Morgan fingerprint density at radius 3 is 3.00 bits per heavy atom. The molecule has 3 heterocycles. The van der Waals surface area contributed by atoms with E-state index in [1.165, 1.54) is 0 Å². The molecule has 2 atom stereocenters. The number of hydrogen-bond acceptors (Lipinski definition) is 4. The molecule has 0 saturated carbocycles. The van der Waals surface area contributed by atoms with Crippen LogP contribution in [0, 0.1) is 0 Å². The van der Waals surface area contributed by atoms with E-state index in [2.05, 4.69) is 14.9 Å². The van der Waals surface area contributed by atoms with Crippen molar-refractivity contribution in [1.29, 1.82) is 0 Å². The molecule has 2 aliphatic heterocycles. The third kappa shape index (κ3) is 2.27. The first-order chi connectivity index (χ1) is 11.1. The standard InChI is InChI=1S/C18H20N4O/c1-21(2)13-5-3-4-12(8-13)18(23)22-14-6-7-17(22)15-10-19-11-20-16(15)9-14/h3-5,8,10-11,14,17H,6-7,9H2,1-2H3. The van der Waals surface area contributed by atoms with Crippen molar-refractivity contribution in [3.05, 3.63) is 53.6 Å². The average molecular weight is 308 g/mol. The summed E-state index contributed by atoms with van der Waals surface area (Å²) in [7, 11) is 3.98. The van der Waals surface area contributed by atoms with Crippen LogP contribution in [0.4, 0.5) is 5.69 Å². The van der Waals surface area contributed by atoms with Crippen molar-refractivity contribution in [2.45, 2.75) is 31.3 Å². The number of carbonyl (C=O) groups is 1. The summed E-state index contributed by atoms with van der Waals surface area (Å²) in [6, 6.07) is 8.24. The molecule has 2 unspecified atom stereocenters. The molecule has 2 aromatic rings. The van der Waals surface area contributed by atoms with Crippen molar-refractivity contribution < 1.29 is 4.79 Å². The van der Waals surface area contributed by atoms with Crippen LogP contribution in [0.3, 0.4) is 0 Å². The number of aromatic nitrogens is 2. The molecule has 5 heteroatoms. The zero-order valence-electron chi connectivity index (χ0n) is 13.4. The van der Waals surface area contributed by atoms with Gasteiger partial charge in [0.15, 0.2) is 0 Å². The molecule has 1 aromatic carbocycles. The number of benzene rings is 1. The second-order valence-corrected chi connectivity index (χ2v) is 6.53. The van der Waals surface area contributed by atoms with Gasteiger partial charge in [-0.25, -0.2) is 9.97 Å². The zero-order valence-corrected chi connectivity index (χ0v) is 13.4. The third-order valence-electron chi connectivity index (χ3n) is 4.96. The normalized spacial score (nSPS) is 21.9. The summed E-state index contributed by atoms with van der Waals surface area (Å²) in [5, 5.41) is 0. The molecule has 0 spiro atoms. The van der Waals surface area contributed by atoms with E-state index in [9.17, 15) is 4.79 Å². The van der Waals surface area contributed by atoms with E-state index >= 15 is 0 Å². The predicted molar refractivity (Wildman–Crippen MR) is 88.4 cm³/mol. The minimum absolute atomic E-state index is 0.121. The maximum absolute atomic E-state index is 13.1. The quantitative estimate of drug-likeness (QED) is 0.855.